The fourth-order valence-electron chi connectivity index (χ4n) is 2.68. The van der Waals surface area contributed by atoms with Crippen LogP contribution in [0, 0.1) is 5.92 Å². The van der Waals surface area contributed by atoms with Crippen LogP contribution in [0.15, 0.2) is 22.8 Å². The smallest absolute Gasteiger partial charge is 0.0258 e. The molecule has 13 heavy (non-hydrogen) atoms. The Balaban J connectivity index is 2.24. The molecule has 0 aliphatic heterocycles. The molecule has 2 aliphatic rings. The van der Waals surface area contributed by atoms with Gasteiger partial charge < -0.3 is 0 Å². The van der Waals surface area contributed by atoms with Crippen molar-refractivity contribution in [2.24, 2.45) is 0 Å². The first-order chi connectivity index (χ1) is 6.36. The molecule has 0 spiro atoms. The van der Waals surface area contributed by atoms with Crippen molar-refractivity contribution in [2.45, 2.75) is 52.4 Å². The van der Waals surface area contributed by atoms with Crippen molar-refractivity contribution in [1.82, 2.24) is 0 Å². The molecule has 2 aliphatic carbocycles. The maximum Gasteiger partial charge on any atom is 0.0258 e. The maximum atomic E-state index is 2.47. The van der Waals surface area contributed by atoms with E-state index in [2.05, 4.69) is 19.9 Å². The highest BCUT2D eigenvalue weighted by atomic mass is 14.3. The Morgan fingerprint density at radius 3 is 2.54 bits per heavy atom. The summed E-state index contributed by atoms with van der Waals surface area (Å²) in [6.45, 7) is 4.57. The van der Waals surface area contributed by atoms with Gasteiger partial charge in [0.2, 0.25) is 0 Å². The molecule has 0 N–H and O–H groups in total. The van der Waals surface area contributed by atoms with Crippen molar-refractivity contribution in [2.75, 3.05) is 0 Å². The van der Waals surface area contributed by atoms with Crippen LogP contribution in [0.5, 0.6) is 0 Å². The second-order valence-electron chi connectivity index (χ2n) is 4.07. The van der Waals surface area contributed by atoms with Crippen molar-refractivity contribution in [3.63, 3.8) is 0 Å². The Labute approximate surface area is 81.7 Å². The summed E-state index contributed by atoms with van der Waals surface area (Å²) >= 11 is 0. The third-order valence-corrected chi connectivity index (χ3v) is 3.35. The Kier molecular flexibility index (Phi) is 2.57. The van der Waals surface area contributed by atoms with Crippen LogP contribution in [0.1, 0.15) is 52.4 Å². The first-order valence-electron chi connectivity index (χ1n) is 5.66. The summed E-state index contributed by atoms with van der Waals surface area (Å²) in [5.41, 5.74) is 5.00. The summed E-state index contributed by atoms with van der Waals surface area (Å²) in [5.74, 6) is 1.68. The molecule has 0 heterocycles. The first-order valence-corrected chi connectivity index (χ1v) is 5.66. The van der Waals surface area contributed by atoms with Gasteiger partial charge in [-0.05, 0) is 44.1 Å². The van der Waals surface area contributed by atoms with Crippen LogP contribution in [-0.2, 0) is 0 Å². The lowest BCUT2D eigenvalue weighted by Gasteiger charge is -2.19. The quantitative estimate of drug-likeness (QED) is 0.590. The van der Waals surface area contributed by atoms with Gasteiger partial charge in [-0.15, -0.1) is 0 Å². The Morgan fingerprint density at radius 2 is 1.85 bits per heavy atom. The second-order valence-corrected chi connectivity index (χ2v) is 4.07. The average Bonchev–Trinajstić information content (AvgIpc) is 2.55. The van der Waals surface area contributed by atoms with Gasteiger partial charge in [0.1, 0.15) is 0 Å². The molecule has 0 nitrogen and oxygen atoms in total. The van der Waals surface area contributed by atoms with Crippen molar-refractivity contribution in [3.05, 3.63) is 28.7 Å². The molecule has 0 fully saturated rings. The lowest BCUT2D eigenvalue weighted by atomic mass is 9.85. The molecule has 0 atom stereocenters. The minimum Gasteiger partial charge on any atom is -0.0642 e. The molecule has 1 radical (unpaired) electrons. The largest absolute Gasteiger partial charge is 0.0642 e. The molecule has 2 rings (SSSR count). The van der Waals surface area contributed by atoms with Crippen LogP contribution in [0.3, 0.4) is 0 Å². The number of hydrogen-bond donors (Lipinski definition) is 0. The molecular weight excluding hydrogens is 156 g/mol. The van der Waals surface area contributed by atoms with Crippen LogP contribution >= 0.6 is 0 Å². The molecule has 0 unspecified atom stereocenters. The average molecular weight is 175 g/mol. The fourth-order valence-corrected chi connectivity index (χ4v) is 2.68. The van der Waals surface area contributed by atoms with Crippen LogP contribution in [0.25, 0.3) is 0 Å². The van der Waals surface area contributed by atoms with Gasteiger partial charge in [0, 0.05) is 5.92 Å². The van der Waals surface area contributed by atoms with E-state index in [9.17, 15) is 0 Å². The summed E-state index contributed by atoms with van der Waals surface area (Å²) in [7, 11) is 0. The highest BCUT2D eigenvalue weighted by molar-refractivity contribution is 5.55. The zero-order valence-corrected chi connectivity index (χ0v) is 8.82. The van der Waals surface area contributed by atoms with Gasteiger partial charge in [-0.3, -0.25) is 0 Å². The van der Waals surface area contributed by atoms with Crippen molar-refractivity contribution in [1.29, 1.82) is 0 Å². The van der Waals surface area contributed by atoms with Crippen LogP contribution in [-0.4, -0.2) is 0 Å². The highest BCUT2D eigenvalue weighted by Crippen LogP contribution is 2.44. The van der Waals surface area contributed by atoms with E-state index in [1.807, 2.05) is 0 Å². The molecule has 0 heteroatoms. The van der Waals surface area contributed by atoms with Gasteiger partial charge >= 0.3 is 0 Å². The highest BCUT2D eigenvalue weighted by Gasteiger charge is 2.26. The first kappa shape index (κ1) is 9.05. The predicted molar refractivity (Wildman–Crippen MR) is 57.4 cm³/mol. The van der Waals surface area contributed by atoms with Gasteiger partial charge in [0.15, 0.2) is 0 Å². The summed E-state index contributed by atoms with van der Waals surface area (Å²) in [5, 5.41) is 0. The van der Waals surface area contributed by atoms with Crippen molar-refractivity contribution in [3.8, 4) is 0 Å². The summed E-state index contributed by atoms with van der Waals surface area (Å²) in [6.07, 6.45) is 10.4. The molecule has 0 saturated heterocycles. The SMILES string of the molecule is CC[C]1C(CC)=CC2=C1CCCC2. The van der Waals surface area contributed by atoms with E-state index < -0.39 is 0 Å². The predicted octanol–water partition coefficient (Wildman–Crippen LogP) is 4.19. The minimum atomic E-state index is 1.22. The number of rotatable bonds is 2. The fraction of sp³-hybridized carbons (Fsp3) is 0.615. The van der Waals surface area contributed by atoms with E-state index in [4.69, 9.17) is 0 Å². The van der Waals surface area contributed by atoms with Crippen molar-refractivity contribution < 1.29 is 0 Å². The molecule has 0 amide bonds. The Morgan fingerprint density at radius 1 is 1.08 bits per heavy atom. The lowest BCUT2D eigenvalue weighted by molar-refractivity contribution is 0.677. The third kappa shape index (κ3) is 1.47. The Hall–Kier alpha value is -0.520. The topological polar surface area (TPSA) is 0 Å². The molecule has 0 aromatic rings. The summed E-state index contributed by atoms with van der Waals surface area (Å²) in [4.78, 5) is 0. The van der Waals surface area contributed by atoms with E-state index in [0.717, 1.165) is 0 Å². The van der Waals surface area contributed by atoms with E-state index in [1.54, 1.807) is 22.6 Å². The zero-order chi connectivity index (χ0) is 9.26. The van der Waals surface area contributed by atoms with E-state index >= 15 is 0 Å². The van der Waals surface area contributed by atoms with Gasteiger partial charge in [0.05, 0.1) is 0 Å². The van der Waals surface area contributed by atoms with Crippen molar-refractivity contribution >= 4 is 0 Å². The summed E-state index contributed by atoms with van der Waals surface area (Å²) in [6, 6.07) is 0. The number of hydrogen-bond acceptors (Lipinski definition) is 0. The van der Waals surface area contributed by atoms with E-state index in [0.29, 0.717) is 0 Å². The van der Waals surface area contributed by atoms with E-state index in [-0.39, 0.29) is 0 Å². The second kappa shape index (κ2) is 3.69. The molecule has 0 bridgehead atoms. The molecule has 0 saturated carbocycles. The number of allylic oxidation sites excluding steroid dienone is 4. The molecule has 0 aromatic carbocycles. The Bertz CT molecular complexity index is 255. The van der Waals surface area contributed by atoms with Crippen LogP contribution < -0.4 is 0 Å². The molecular formula is C13H19. The molecule has 71 valence electrons. The standard InChI is InChI=1S/C13H19/c1-3-10-9-11-7-5-6-8-13(11)12(10)4-2/h9H,3-8H2,1-2H3. The van der Waals surface area contributed by atoms with Gasteiger partial charge in [0.25, 0.3) is 0 Å². The monoisotopic (exact) mass is 175 g/mol. The zero-order valence-electron chi connectivity index (χ0n) is 8.82. The van der Waals surface area contributed by atoms with Gasteiger partial charge in [-0.1, -0.05) is 31.1 Å². The minimum absolute atomic E-state index is 1.22. The summed E-state index contributed by atoms with van der Waals surface area (Å²) < 4.78 is 0. The van der Waals surface area contributed by atoms with Gasteiger partial charge in [-0.2, -0.15) is 0 Å². The van der Waals surface area contributed by atoms with Gasteiger partial charge in [-0.25, -0.2) is 0 Å². The third-order valence-electron chi connectivity index (χ3n) is 3.35. The maximum absolute atomic E-state index is 2.47. The van der Waals surface area contributed by atoms with Crippen LogP contribution in [0.2, 0.25) is 0 Å². The van der Waals surface area contributed by atoms with E-state index in [1.165, 1.54) is 38.5 Å². The van der Waals surface area contributed by atoms with Crippen LogP contribution in [0.4, 0.5) is 0 Å². The molecule has 0 aromatic heterocycles. The normalized spacial score (nSPS) is 23.4. The lowest BCUT2D eigenvalue weighted by Crippen LogP contribution is -2.03.